The number of rotatable bonds is 7. The number of nitrogens with one attached hydrogen (secondary N) is 4. The van der Waals surface area contributed by atoms with E-state index >= 15 is 0 Å². The molecule has 29 heavy (non-hydrogen) atoms. The second-order valence-electron chi connectivity index (χ2n) is 7.72. The number of aromatic amines is 1. The molecule has 0 spiro atoms. The lowest BCUT2D eigenvalue weighted by Gasteiger charge is -2.29. The fourth-order valence-electron chi connectivity index (χ4n) is 3.88. The molecule has 3 amide bonds. The van der Waals surface area contributed by atoms with Crippen LogP contribution in [0.1, 0.15) is 38.2 Å². The van der Waals surface area contributed by atoms with Crippen LogP contribution in [0.15, 0.2) is 30.5 Å². The first-order valence-electron chi connectivity index (χ1n) is 10.1. The van der Waals surface area contributed by atoms with E-state index in [0.29, 0.717) is 5.92 Å². The number of fused-ring (bicyclic) bond motifs is 1. The standard InChI is InChI=1S/C21H28N4O4/c1-13-6-2-4-8-16(13)24-19(26)12-23-21(29)25-18(20(27)28)10-14-11-22-17-9-5-3-7-15(14)17/h3,5,7,9,11,13,16,18,22H,2,4,6,8,10,12H2,1H3,(H,24,26)(H,27,28)(H2,23,25,29)/t13-,16-,18-/m1/s1. The third kappa shape index (κ3) is 5.49. The normalized spacial score (nSPS) is 20.0. The van der Waals surface area contributed by atoms with Crippen molar-refractivity contribution in [3.05, 3.63) is 36.0 Å². The maximum absolute atomic E-state index is 12.1. The molecule has 5 N–H and O–H groups in total. The molecule has 0 aliphatic heterocycles. The van der Waals surface area contributed by atoms with Crippen molar-refractivity contribution in [2.45, 2.75) is 51.1 Å². The molecular formula is C21H28N4O4. The minimum Gasteiger partial charge on any atom is -0.480 e. The van der Waals surface area contributed by atoms with Crippen LogP contribution in [0, 0.1) is 5.92 Å². The number of amides is 3. The molecule has 8 nitrogen and oxygen atoms in total. The average molecular weight is 400 g/mol. The third-order valence-electron chi connectivity index (χ3n) is 5.57. The Morgan fingerprint density at radius 2 is 1.97 bits per heavy atom. The van der Waals surface area contributed by atoms with Gasteiger partial charge in [-0.25, -0.2) is 9.59 Å². The van der Waals surface area contributed by atoms with Gasteiger partial charge in [0, 0.05) is 29.6 Å². The SMILES string of the molecule is C[C@@H]1CCCC[C@H]1NC(=O)CNC(=O)N[C@H](Cc1c[nH]c2ccccc12)C(=O)O. The van der Waals surface area contributed by atoms with Crippen LogP contribution in [0.4, 0.5) is 4.79 Å². The second-order valence-corrected chi connectivity index (χ2v) is 7.72. The summed E-state index contributed by atoms with van der Waals surface area (Å²) in [6, 6.07) is 5.93. The summed E-state index contributed by atoms with van der Waals surface area (Å²) < 4.78 is 0. The lowest BCUT2D eigenvalue weighted by Crippen LogP contribution is -2.50. The highest BCUT2D eigenvalue weighted by atomic mass is 16.4. The number of carbonyl (C=O) groups excluding carboxylic acids is 2. The number of urea groups is 1. The van der Waals surface area contributed by atoms with E-state index in [1.54, 1.807) is 6.20 Å². The van der Waals surface area contributed by atoms with Crippen LogP contribution in [0.3, 0.4) is 0 Å². The summed E-state index contributed by atoms with van der Waals surface area (Å²) in [6.07, 6.45) is 6.20. The minimum atomic E-state index is -1.13. The predicted molar refractivity (Wildman–Crippen MR) is 110 cm³/mol. The van der Waals surface area contributed by atoms with Crippen molar-refractivity contribution >= 4 is 28.8 Å². The molecule has 0 saturated heterocycles. The summed E-state index contributed by atoms with van der Waals surface area (Å²) in [5.74, 6) is -0.970. The largest absolute Gasteiger partial charge is 0.480 e. The van der Waals surface area contributed by atoms with Gasteiger partial charge in [0.15, 0.2) is 0 Å². The van der Waals surface area contributed by atoms with Crippen molar-refractivity contribution in [1.29, 1.82) is 0 Å². The topological polar surface area (TPSA) is 123 Å². The van der Waals surface area contributed by atoms with E-state index in [1.807, 2.05) is 24.3 Å². The average Bonchev–Trinajstić information content (AvgIpc) is 3.10. The molecule has 1 aromatic heterocycles. The Morgan fingerprint density at radius 1 is 1.21 bits per heavy atom. The van der Waals surface area contributed by atoms with Gasteiger partial charge in [0.1, 0.15) is 6.04 Å². The van der Waals surface area contributed by atoms with Gasteiger partial charge in [-0.1, -0.05) is 38.0 Å². The number of carboxylic acid groups (broad SMARTS) is 1. The first-order valence-corrected chi connectivity index (χ1v) is 10.1. The van der Waals surface area contributed by atoms with E-state index < -0.39 is 18.0 Å². The van der Waals surface area contributed by atoms with Gasteiger partial charge in [0.05, 0.1) is 6.54 Å². The molecule has 1 heterocycles. The molecule has 1 saturated carbocycles. The summed E-state index contributed by atoms with van der Waals surface area (Å²) in [7, 11) is 0. The number of para-hydroxylation sites is 1. The molecule has 0 radical (unpaired) electrons. The Bertz CT molecular complexity index is 878. The summed E-state index contributed by atoms with van der Waals surface area (Å²) in [4.78, 5) is 38.9. The molecule has 0 unspecified atom stereocenters. The number of aliphatic carboxylic acids is 1. The Hall–Kier alpha value is -3.03. The first kappa shape index (κ1) is 20.7. The van der Waals surface area contributed by atoms with Crippen molar-refractivity contribution in [3.8, 4) is 0 Å². The fraction of sp³-hybridized carbons (Fsp3) is 0.476. The summed E-state index contributed by atoms with van der Waals surface area (Å²) in [5.41, 5.74) is 1.71. The van der Waals surface area contributed by atoms with E-state index in [9.17, 15) is 19.5 Å². The van der Waals surface area contributed by atoms with E-state index in [-0.39, 0.29) is 24.9 Å². The molecule has 2 aromatic rings. The van der Waals surface area contributed by atoms with E-state index in [2.05, 4.69) is 27.9 Å². The van der Waals surface area contributed by atoms with E-state index in [0.717, 1.165) is 35.7 Å². The van der Waals surface area contributed by atoms with Crippen LogP contribution in [0.5, 0.6) is 0 Å². The molecule has 1 fully saturated rings. The van der Waals surface area contributed by atoms with Gasteiger partial charge in [-0.2, -0.15) is 0 Å². The molecule has 3 atom stereocenters. The molecule has 156 valence electrons. The Balaban J connectivity index is 1.50. The van der Waals surface area contributed by atoms with Crippen LogP contribution in [0.25, 0.3) is 10.9 Å². The molecule has 1 aromatic carbocycles. The Kier molecular flexibility index (Phi) is 6.74. The predicted octanol–water partition coefficient (Wildman–Crippen LogP) is 2.16. The van der Waals surface area contributed by atoms with Gasteiger partial charge < -0.3 is 26.0 Å². The van der Waals surface area contributed by atoms with Gasteiger partial charge in [0.25, 0.3) is 0 Å². The smallest absolute Gasteiger partial charge is 0.326 e. The Labute approximate surface area is 169 Å². The number of hydrogen-bond acceptors (Lipinski definition) is 3. The first-order chi connectivity index (χ1) is 13.9. The quantitative estimate of drug-likeness (QED) is 0.489. The number of carboxylic acids is 1. The highest BCUT2D eigenvalue weighted by molar-refractivity contribution is 5.88. The monoisotopic (exact) mass is 400 g/mol. The third-order valence-corrected chi connectivity index (χ3v) is 5.57. The maximum Gasteiger partial charge on any atom is 0.326 e. The Morgan fingerprint density at radius 3 is 2.72 bits per heavy atom. The van der Waals surface area contributed by atoms with Crippen LogP contribution in [-0.2, 0) is 16.0 Å². The zero-order valence-electron chi connectivity index (χ0n) is 16.5. The molecular weight excluding hydrogens is 372 g/mol. The van der Waals surface area contributed by atoms with E-state index in [1.165, 1.54) is 6.42 Å². The summed E-state index contributed by atoms with van der Waals surface area (Å²) in [5, 5.41) is 18.3. The molecule has 1 aliphatic carbocycles. The summed E-state index contributed by atoms with van der Waals surface area (Å²) >= 11 is 0. The number of H-pyrrole nitrogens is 1. The van der Waals surface area contributed by atoms with Gasteiger partial charge in [-0.05, 0) is 30.4 Å². The second kappa shape index (κ2) is 9.45. The number of benzene rings is 1. The molecule has 1 aliphatic rings. The van der Waals surface area contributed by atoms with Crippen molar-refractivity contribution in [3.63, 3.8) is 0 Å². The maximum atomic E-state index is 12.1. The molecule has 0 bridgehead atoms. The summed E-state index contributed by atoms with van der Waals surface area (Å²) in [6.45, 7) is 1.93. The van der Waals surface area contributed by atoms with Crippen LogP contribution < -0.4 is 16.0 Å². The fourth-order valence-corrected chi connectivity index (χ4v) is 3.88. The van der Waals surface area contributed by atoms with Crippen LogP contribution >= 0.6 is 0 Å². The van der Waals surface area contributed by atoms with Crippen molar-refractivity contribution < 1.29 is 19.5 Å². The van der Waals surface area contributed by atoms with Gasteiger partial charge >= 0.3 is 12.0 Å². The lowest BCUT2D eigenvalue weighted by atomic mass is 9.86. The van der Waals surface area contributed by atoms with Crippen molar-refractivity contribution in [1.82, 2.24) is 20.9 Å². The number of hydrogen-bond donors (Lipinski definition) is 5. The van der Waals surface area contributed by atoms with Gasteiger partial charge in [0.2, 0.25) is 5.91 Å². The van der Waals surface area contributed by atoms with Crippen LogP contribution in [0.2, 0.25) is 0 Å². The molecule has 3 rings (SSSR count). The molecule has 8 heteroatoms. The minimum absolute atomic E-state index is 0.134. The highest BCUT2D eigenvalue weighted by Crippen LogP contribution is 2.23. The van der Waals surface area contributed by atoms with Gasteiger partial charge in [-0.15, -0.1) is 0 Å². The zero-order valence-corrected chi connectivity index (χ0v) is 16.5. The number of carbonyl (C=O) groups is 3. The van der Waals surface area contributed by atoms with Crippen molar-refractivity contribution in [2.75, 3.05) is 6.54 Å². The highest BCUT2D eigenvalue weighted by Gasteiger charge is 2.24. The van der Waals surface area contributed by atoms with Crippen LogP contribution in [-0.4, -0.2) is 46.6 Å². The zero-order chi connectivity index (χ0) is 20.8. The van der Waals surface area contributed by atoms with Crippen molar-refractivity contribution in [2.24, 2.45) is 5.92 Å². The van der Waals surface area contributed by atoms with Gasteiger partial charge in [-0.3, -0.25) is 4.79 Å². The van der Waals surface area contributed by atoms with E-state index in [4.69, 9.17) is 0 Å². The lowest BCUT2D eigenvalue weighted by molar-refractivity contribution is -0.139. The number of aromatic nitrogens is 1.